The third-order valence-corrected chi connectivity index (χ3v) is 4.03. The molecule has 1 atom stereocenters. The summed E-state index contributed by atoms with van der Waals surface area (Å²) in [5.41, 5.74) is -0.484. The first-order chi connectivity index (χ1) is 10.8. The van der Waals surface area contributed by atoms with E-state index in [0.29, 0.717) is 10.6 Å². The number of methoxy groups -OCH3 is 1. The molecule has 124 valence electrons. The van der Waals surface area contributed by atoms with E-state index < -0.39 is 23.7 Å². The van der Waals surface area contributed by atoms with Gasteiger partial charge in [0.2, 0.25) is 0 Å². The zero-order chi connectivity index (χ0) is 17.0. The van der Waals surface area contributed by atoms with Crippen molar-refractivity contribution in [2.24, 2.45) is 0 Å². The number of alkyl halides is 3. The summed E-state index contributed by atoms with van der Waals surface area (Å²) in [6, 6.07) is 6.23. The van der Waals surface area contributed by atoms with Crippen molar-refractivity contribution in [1.29, 1.82) is 0 Å². The predicted molar refractivity (Wildman–Crippen MR) is 77.9 cm³/mol. The number of benzene rings is 1. The van der Waals surface area contributed by atoms with Crippen molar-refractivity contribution in [2.45, 2.75) is 17.3 Å². The van der Waals surface area contributed by atoms with Crippen LogP contribution < -0.4 is 4.74 Å². The van der Waals surface area contributed by atoms with Gasteiger partial charge in [-0.1, -0.05) is 6.07 Å². The van der Waals surface area contributed by atoms with Crippen molar-refractivity contribution in [3.8, 4) is 5.75 Å². The zero-order valence-electron chi connectivity index (χ0n) is 12.0. The lowest BCUT2D eigenvalue weighted by atomic mass is 10.1. The van der Waals surface area contributed by atoms with Gasteiger partial charge >= 0.3 is 6.18 Å². The predicted octanol–water partition coefficient (Wildman–Crippen LogP) is 4.07. The fraction of sp³-hybridized carbons (Fsp3) is 0.267. The minimum absolute atomic E-state index is 0.0676. The molecule has 1 aromatic carbocycles. The Morgan fingerprint density at radius 2 is 2.00 bits per heavy atom. The number of aromatic nitrogens is 1. The first-order valence-corrected chi connectivity index (χ1v) is 7.47. The number of halogens is 4. The van der Waals surface area contributed by atoms with E-state index in [1.165, 1.54) is 25.3 Å². The number of rotatable bonds is 5. The smallest absolute Gasteiger partial charge is 0.417 e. The van der Waals surface area contributed by atoms with Gasteiger partial charge in [0.25, 0.3) is 0 Å². The lowest BCUT2D eigenvalue weighted by Gasteiger charge is -2.12. The molecule has 0 fully saturated rings. The molecular weight excluding hydrogens is 334 g/mol. The Balaban J connectivity index is 1.99. The van der Waals surface area contributed by atoms with Crippen LogP contribution in [0.15, 0.2) is 41.6 Å². The quantitative estimate of drug-likeness (QED) is 0.654. The first-order valence-electron chi connectivity index (χ1n) is 6.49. The van der Waals surface area contributed by atoms with Crippen LogP contribution in [0.25, 0.3) is 0 Å². The topological polar surface area (TPSA) is 42.4 Å². The van der Waals surface area contributed by atoms with Crippen LogP contribution in [0, 0.1) is 5.82 Å². The van der Waals surface area contributed by atoms with Gasteiger partial charge in [0.15, 0.2) is 11.6 Å². The molecule has 0 amide bonds. The molecule has 2 rings (SSSR count). The molecule has 1 unspecified atom stereocenters. The number of thioether (sulfide) groups is 1. The molecule has 2 aromatic rings. The SMILES string of the molecule is COc1ccc(C(O)CSc2ccc(C(F)(F)F)cn2)cc1F. The molecule has 0 aliphatic heterocycles. The maximum Gasteiger partial charge on any atom is 0.417 e. The number of pyridine rings is 1. The maximum absolute atomic E-state index is 13.6. The van der Waals surface area contributed by atoms with Gasteiger partial charge in [0.1, 0.15) is 0 Å². The van der Waals surface area contributed by atoms with E-state index in [0.717, 1.165) is 30.1 Å². The van der Waals surface area contributed by atoms with E-state index in [1.54, 1.807) is 0 Å². The molecule has 0 bridgehead atoms. The van der Waals surface area contributed by atoms with E-state index >= 15 is 0 Å². The third-order valence-electron chi connectivity index (χ3n) is 3.01. The van der Waals surface area contributed by atoms with E-state index in [9.17, 15) is 22.7 Å². The minimum Gasteiger partial charge on any atom is -0.494 e. The molecule has 0 spiro atoms. The lowest BCUT2D eigenvalue weighted by molar-refractivity contribution is -0.137. The van der Waals surface area contributed by atoms with E-state index in [-0.39, 0.29) is 11.5 Å². The molecule has 0 aliphatic rings. The molecule has 23 heavy (non-hydrogen) atoms. The normalized spacial score (nSPS) is 13.0. The van der Waals surface area contributed by atoms with E-state index in [1.807, 2.05) is 0 Å². The average molecular weight is 347 g/mol. The second-order valence-corrected chi connectivity index (χ2v) is 5.64. The number of aliphatic hydroxyl groups is 1. The van der Waals surface area contributed by atoms with Gasteiger partial charge in [-0.15, -0.1) is 11.8 Å². The Morgan fingerprint density at radius 1 is 1.26 bits per heavy atom. The fourth-order valence-corrected chi connectivity index (χ4v) is 2.60. The van der Waals surface area contributed by atoms with Crippen LogP contribution in [-0.2, 0) is 6.18 Å². The van der Waals surface area contributed by atoms with Gasteiger partial charge < -0.3 is 9.84 Å². The Hall–Kier alpha value is -1.80. The zero-order valence-corrected chi connectivity index (χ0v) is 12.8. The van der Waals surface area contributed by atoms with E-state index in [4.69, 9.17) is 4.74 Å². The molecule has 0 aliphatic carbocycles. The third kappa shape index (κ3) is 4.59. The highest BCUT2D eigenvalue weighted by atomic mass is 32.2. The van der Waals surface area contributed by atoms with Crippen LogP contribution in [-0.4, -0.2) is 23.0 Å². The number of nitrogens with zero attached hydrogens (tertiary/aromatic N) is 1. The lowest BCUT2D eigenvalue weighted by Crippen LogP contribution is -2.05. The van der Waals surface area contributed by atoms with Gasteiger partial charge in [-0.05, 0) is 29.8 Å². The second kappa shape index (κ2) is 7.18. The molecule has 1 aromatic heterocycles. The Labute approximate surface area is 134 Å². The minimum atomic E-state index is -4.43. The molecule has 3 nitrogen and oxygen atoms in total. The monoisotopic (exact) mass is 347 g/mol. The maximum atomic E-state index is 13.6. The molecule has 1 heterocycles. The van der Waals surface area contributed by atoms with Crippen LogP contribution in [0.4, 0.5) is 17.6 Å². The summed E-state index contributed by atoms with van der Waals surface area (Å²) < 4.78 is 55.6. The first kappa shape index (κ1) is 17.6. The number of hydrogen-bond acceptors (Lipinski definition) is 4. The van der Waals surface area contributed by atoms with Crippen LogP contribution in [0.3, 0.4) is 0 Å². The van der Waals surface area contributed by atoms with Crippen LogP contribution in [0.5, 0.6) is 5.75 Å². The summed E-state index contributed by atoms with van der Waals surface area (Å²) in [6.45, 7) is 0. The van der Waals surface area contributed by atoms with Crippen molar-refractivity contribution in [3.05, 3.63) is 53.5 Å². The molecule has 0 saturated carbocycles. The fourth-order valence-electron chi connectivity index (χ4n) is 1.78. The number of ether oxygens (including phenoxy) is 1. The van der Waals surface area contributed by atoms with Crippen LogP contribution in [0.2, 0.25) is 0 Å². The summed E-state index contributed by atoms with van der Waals surface area (Å²) in [4.78, 5) is 3.69. The van der Waals surface area contributed by atoms with Gasteiger partial charge in [-0.25, -0.2) is 9.37 Å². The van der Waals surface area contributed by atoms with Gasteiger partial charge in [-0.2, -0.15) is 13.2 Å². The van der Waals surface area contributed by atoms with Crippen molar-refractivity contribution in [2.75, 3.05) is 12.9 Å². The van der Waals surface area contributed by atoms with Crippen LogP contribution in [0.1, 0.15) is 17.2 Å². The van der Waals surface area contributed by atoms with Gasteiger partial charge in [0, 0.05) is 11.9 Å². The van der Waals surface area contributed by atoms with Gasteiger partial charge in [-0.3, -0.25) is 0 Å². The van der Waals surface area contributed by atoms with Crippen molar-refractivity contribution >= 4 is 11.8 Å². The average Bonchev–Trinajstić information content (AvgIpc) is 2.52. The standard InChI is InChI=1S/C15H13F4NO2S/c1-22-13-4-2-9(6-11(13)16)12(21)8-23-14-5-3-10(7-20-14)15(17,18)19/h2-7,12,21H,8H2,1H3. The Morgan fingerprint density at radius 3 is 2.52 bits per heavy atom. The summed E-state index contributed by atoms with van der Waals surface area (Å²) in [6.07, 6.45) is -4.68. The molecule has 8 heteroatoms. The largest absolute Gasteiger partial charge is 0.494 e. The Kier molecular flexibility index (Phi) is 5.48. The molecule has 0 saturated heterocycles. The summed E-state index contributed by atoms with van der Waals surface area (Å²) in [7, 11) is 1.33. The summed E-state index contributed by atoms with van der Waals surface area (Å²) in [5.74, 6) is -0.399. The second-order valence-electron chi connectivity index (χ2n) is 4.60. The highest BCUT2D eigenvalue weighted by Gasteiger charge is 2.30. The molecular formula is C15H13F4NO2S. The number of aliphatic hydroxyl groups excluding tert-OH is 1. The van der Waals surface area contributed by atoms with Crippen molar-refractivity contribution in [3.63, 3.8) is 0 Å². The van der Waals surface area contributed by atoms with E-state index in [2.05, 4.69) is 4.98 Å². The highest BCUT2D eigenvalue weighted by Crippen LogP contribution is 2.31. The highest BCUT2D eigenvalue weighted by molar-refractivity contribution is 7.99. The number of hydrogen-bond donors (Lipinski definition) is 1. The van der Waals surface area contributed by atoms with Crippen LogP contribution >= 0.6 is 11.8 Å². The van der Waals surface area contributed by atoms with Gasteiger partial charge in [0.05, 0.1) is 23.8 Å². The Bertz CT molecular complexity index is 662. The van der Waals surface area contributed by atoms with Crippen molar-refractivity contribution < 1.29 is 27.4 Å². The molecule has 0 radical (unpaired) electrons. The molecule has 1 N–H and O–H groups in total. The van der Waals surface area contributed by atoms with Crippen molar-refractivity contribution in [1.82, 2.24) is 4.98 Å². The summed E-state index contributed by atoms with van der Waals surface area (Å²) >= 11 is 1.08. The summed E-state index contributed by atoms with van der Waals surface area (Å²) in [5, 5.41) is 10.4.